The maximum absolute atomic E-state index is 11.9. The Balaban J connectivity index is 2.03. The number of carboxylic acids is 1. The Morgan fingerprint density at radius 2 is 1.86 bits per heavy atom. The van der Waals surface area contributed by atoms with Crippen molar-refractivity contribution >= 4 is 23.6 Å². The first kappa shape index (κ1) is 14.7. The molecule has 1 unspecified atom stereocenters. The molecular formula is C14H13NO6. The Kier molecular flexibility index (Phi) is 4.32. The van der Waals surface area contributed by atoms with Crippen LogP contribution in [0.2, 0.25) is 0 Å². The van der Waals surface area contributed by atoms with Gasteiger partial charge in [0.15, 0.2) is 0 Å². The average Bonchev–Trinajstić information content (AvgIpc) is 2.48. The molecule has 1 fully saturated rings. The molecule has 0 saturated carbocycles. The maximum Gasteiger partial charge on any atom is 0.411 e. The number of ketones is 2. The lowest BCUT2D eigenvalue weighted by Gasteiger charge is -2.30. The number of hydrogen-bond acceptors (Lipinski definition) is 5. The number of hydrogen-bond donors (Lipinski definition) is 1. The summed E-state index contributed by atoms with van der Waals surface area (Å²) < 4.78 is 4.99. The van der Waals surface area contributed by atoms with E-state index in [4.69, 9.17) is 9.84 Å². The molecule has 0 aromatic heterocycles. The van der Waals surface area contributed by atoms with Crippen LogP contribution in [-0.4, -0.2) is 46.2 Å². The molecule has 0 spiro atoms. The van der Waals surface area contributed by atoms with Crippen molar-refractivity contribution in [1.29, 1.82) is 0 Å². The van der Waals surface area contributed by atoms with Gasteiger partial charge in [0.25, 0.3) is 0 Å². The minimum Gasteiger partial charge on any atom is -0.480 e. The van der Waals surface area contributed by atoms with Crippen LogP contribution in [0.3, 0.4) is 0 Å². The van der Waals surface area contributed by atoms with Crippen molar-refractivity contribution in [2.45, 2.75) is 19.1 Å². The highest BCUT2D eigenvalue weighted by Crippen LogP contribution is 2.15. The lowest BCUT2D eigenvalue weighted by molar-refractivity contribution is -0.150. The summed E-state index contributed by atoms with van der Waals surface area (Å²) in [5.74, 6) is -2.91. The van der Waals surface area contributed by atoms with Crippen LogP contribution in [0.5, 0.6) is 0 Å². The van der Waals surface area contributed by atoms with E-state index in [1.165, 1.54) is 0 Å². The Hall–Kier alpha value is -2.70. The largest absolute Gasteiger partial charge is 0.480 e. The zero-order chi connectivity index (χ0) is 15.4. The highest BCUT2D eigenvalue weighted by Gasteiger charge is 2.40. The van der Waals surface area contributed by atoms with E-state index >= 15 is 0 Å². The number of aliphatic carboxylic acids is 1. The van der Waals surface area contributed by atoms with Crippen LogP contribution in [0.4, 0.5) is 4.79 Å². The fourth-order valence-electron chi connectivity index (χ4n) is 1.97. The minimum atomic E-state index is -1.36. The van der Waals surface area contributed by atoms with Gasteiger partial charge < -0.3 is 9.84 Å². The van der Waals surface area contributed by atoms with E-state index in [1.54, 1.807) is 30.3 Å². The van der Waals surface area contributed by atoms with Crippen molar-refractivity contribution in [2.75, 3.05) is 6.54 Å². The summed E-state index contributed by atoms with van der Waals surface area (Å²) in [7, 11) is 0. The lowest BCUT2D eigenvalue weighted by atomic mass is 10.0. The van der Waals surface area contributed by atoms with Crippen molar-refractivity contribution in [2.24, 2.45) is 0 Å². The Morgan fingerprint density at radius 1 is 1.19 bits per heavy atom. The summed E-state index contributed by atoms with van der Waals surface area (Å²) in [6, 6.07) is 7.47. The first-order valence-corrected chi connectivity index (χ1v) is 6.25. The molecule has 21 heavy (non-hydrogen) atoms. The number of piperidine rings is 1. The minimum absolute atomic E-state index is 0.0371. The second-order valence-electron chi connectivity index (χ2n) is 4.57. The fraction of sp³-hybridized carbons (Fsp3) is 0.286. The number of rotatable bonds is 3. The predicted octanol–water partition coefficient (Wildman–Crippen LogP) is 0.620. The van der Waals surface area contributed by atoms with Gasteiger partial charge in [0.05, 0.1) is 6.54 Å². The molecule has 1 aliphatic heterocycles. The van der Waals surface area contributed by atoms with Crippen LogP contribution in [0.25, 0.3) is 0 Å². The van der Waals surface area contributed by atoms with Crippen LogP contribution in [0.1, 0.15) is 12.0 Å². The fourth-order valence-corrected chi connectivity index (χ4v) is 1.97. The molecule has 1 saturated heterocycles. The third-order valence-corrected chi connectivity index (χ3v) is 3.10. The number of amides is 1. The number of ether oxygens (including phenoxy) is 1. The summed E-state index contributed by atoms with van der Waals surface area (Å²) in [5.41, 5.74) is 0.733. The first-order valence-electron chi connectivity index (χ1n) is 6.25. The molecule has 0 aliphatic carbocycles. The van der Waals surface area contributed by atoms with Crippen LogP contribution in [0, 0.1) is 0 Å². The third kappa shape index (κ3) is 3.44. The van der Waals surface area contributed by atoms with E-state index in [0.717, 1.165) is 10.5 Å². The van der Waals surface area contributed by atoms with Gasteiger partial charge in [-0.15, -0.1) is 0 Å². The number of carbonyl (C=O) groups excluding carboxylic acids is 3. The van der Waals surface area contributed by atoms with E-state index in [-0.39, 0.29) is 6.61 Å². The zero-order valence-electron chi connectivity index (χ0n) is 11.0. The molecule has 1 aromatic carbocycles. The summed E-state index contributed by atoms with van der Waals surface area (Å²) >= 11 is 0. The van der Waals surface area contributed by atoms with Gasteiger partial charge in [0.1, 0.15) is 12.6 Å². The number of likely N-dealkylation sites (tertiary alicyclic amines) is 1. The normalized spacial score (nSPS) is 18.5. The Bertz CT molecular complexity index is 582. The molecule has 7 heteroatoms. The van der Waals surface area contributed by atoms with Crippen LogP contribution in [0.15, 0.2) is 30.3 Å². The van der Waals surface area contributed by atoms with Crippen molar-refractivity contribution in [3.63, 3.8) is 0 Å². The van der Waals surface area contributed by atoms with Gasteiger partial charge in [0.2, 0.25) is 11.6 Å². The second-order valence-corrected chi connectivity index (χ2v) is 4.57. The number of Topliss-reactive ketones (excluding diaryl/α,β-unsaturated/α-hetero) is 2. The van der Waals surface area contributed by atoms with Crippen LogP contribution in [-0.2, 0) is 25.7 Å². The third-order valence-electron chi connectivity index (χ3n) is 3.10. The quantitative estimate of drug-likeness (QED) is 0.819. The number of benzene rings is 1. The highest BCUT2D eigenvalue weighted by atomic mass is 16.6. The smallest absolute Gasteiger partial charge is 0.411 e. The molecule has 1 atom stereocenters. The molecule has 1 aliphatic rings. The summed E-state index contributed by atoms with van der Waals surface area (Å²) in [6.45, 7) is -0.603. The van der Waals surface area contributed by atoms with Gasteiger partial charge in [-0.3, -0.25) is 14.5 Å². The van der Waals surface area contributed by atoms with Crippen LogP contribution < -0.4 is 0 Å². The van der Waals surface area contributed by atoms with Gasteiger partial charge in [-0.05, 0) is 5.56 Å². The molecule has 1 N–H and O–H groups in total. The van der Waals surface area contributed by atoms with Gasteiger partial charge in [-0.2, -0.15) is 0 Å². The van der Waals surface area contributed by atoms with Crippen molar-refractivity contribution < 1.29 is 29.0 Å². The number of nitrogens with zero attached hydrogens (tertiary/aromatic N) is 1. The highest BCUT2D eigenvalue weighted by molar-refractivity contribution is 6.39. The molecule has 1 amide bonds. The second kappa shape index (κ2) is 6.17. The van der Waals surface area contributed by atoms with E-state index in [9.17, 15) is 19.2 Å². The molecule has 1 heterocycles. The Labute approximate surface area is 120 Å². The van der Waals surface area contributed by atoms with Gasteiger partial charge >= 0.3 is 12.1 Å². The van der Waals surface area contributed by atoms with E-state index in [0.29, 0.717) is 0 Å². The molecule has 0 bridgehead atoms. The molecule has 110 valence electrons. The topological polar surface area (TPSA) is 101 Å². The summed E-state index contributed by atoms with van der Waals surface area (Å²) in [5, 5.41) is 9.03. The van der Waals surface area contributed by atoms with Crippen molar-refractivity contribution in [1.82, 2.24) is 4.90 Å². The average molecular weight is 291 g/mol. The number of carbonyl (C=O) groups is 4. The standard InChI is InChI=1S/C14H13NO6/c16-11-6-10(13(18)19)15(7-12(11)17)14(20)21-8-9-4-2-1-3-5-9/h1-5,10H,6-8H2,(H,18,19). The molecule has 7 nitrogen and oxygen atoms in total. The number of carboxylic acid groups (broad SMARTS) is 1. The predicted molar refractivity (Wildman–Crippen MR) is 69.4 cm³/mol. The summed E-state index contributed by atoms with van der Waals surface area (Å²) in [6.07, 6.45) is -1.44. The lowest BCUT2D eigenvalue weighted by Crippen LogP contribution is -2.54. The van der Waals surface area contributed by atoms with Gasteiger partial charge in [0, 0.05) is 6.42 Å². The zero-order valence-corrected chi connectivity index (χ0v) is 11.0. The molecule has 2 rings (SSSR count). The van der Waals surface area contributed by atoms with Crippen LogP contribution >= 0.6 is 0 Å². The van der Waals surface area contributed by atoms with E-state index in [1.807, 2.05) is 0 Å². The first-order chi connectivity index (χ1) is 9.99. The van der Waals surface area contributed by atoms with Gasteiger partial charge in [-0.1, -0.05) is 30.3 Å². The SMILES string of the molecule is O=C1CC(C(=O)O)N(C(=O)OCc2ccccc2)CC1=O. The monoisotopic (exact) mass is 291 g/mol. The summed E-state index contributed by atoms with van der Waals surface area (Å²) in [4.78, 5) is 46.4. The molecule has 0 radical (unpaired) electrons. The maximum atomic E-state index is 11.9. The van der Waals surface area contributed by atoms with E-state index < -0.39 is 42.6 Å². The molecule has 1 aromatic rings. The van der Waals surface area contributed by atoms with Crippen molar-refractivity contribution in [3.8, 4) is 0 Å². The van der Waals surface area contributed by atoms with E-state index in [2.05, 4.69) is 0 Å². The molecular weight excluding hydrogens is 278 g/mol. The van der Waals surface area contributed by atoms with Crippen molar-refractivity contribution in [3.05, 3.63) is 35.9 Å². The van der Waals surface area contributed by atoms with Gasteiger partial charge in [-0.25, -0.2) is 9.59 Å². The Morgan fingerprint density at radius 3 is 2.48 bits per heavy atom.